The van der Waals surface area contributed by atoms with Crippen molar-refractivity contribution in [2.75, 3.05) is 26.2 Å². The molecule has 3 N–H and O–H groups in total. The van der Waals surface area contributed by atoms with Crippen LogP contribution in [-0.2, 0) is 9.59 Å². The average molecular weight is 304 g/mol. The molecule has 116 valence electrons. The predicted octanol–water partition coefficient (Wildman–Crippen LogP) is 0.996. The molecule has 0 aromatic carbocycles. The number of hydrogen-bond acceptors (Lipinski definition) is 3. The van der Waals surface area contributed by atoms with Crippen LogP contribution >= 0.6 is 12.4 Å². The first-order valence-electron chi connectivity index (χ1n) is 7.00. The minimum absolute atomic E-state index is 0. The zero-order chi connectivity index (χ0) is 14.1. The largest absolute Gasteiger partial charge is 0.356 e. The average Bonchev–Trinajstić information content (AvgIpc) is 2.36. The summed E-state index contributed by atoms with van der Waals surface area (Å²) in [5, 5.41) is 8.87. The Morgan fingerprint density at radius 3 is 2.65 bits per heavy atom. The van der Waals surface area contributed by atoms with Crippen LogP contribution in [-0.4, -0.2) is 38.0 Å². The third kappa shape index (κ3) is 8.93. The van der Waals surface area contributed by atoms with Gasteiger partial charge < -0.3 is 16.0 Å². The molecule has 1 heterocycles. The highest BCUT2D eigenvalue weighted by Crippen LogP contribution is 2.02. The Morgan fingerprint density at radius 1 is 1.30 bits per heavy atom. The number of carbonyl (C=O) groups excluding carboxylic acids is 2. The highest BCUT2D eigenvalue weighted by atomic mass is 35.5. The summed E-state index contributed by atoms with van der Waals surface area (Å²) in [7, 11) is 0. The summed E-state index contributed by atoms with van der Waals surface area (Å²) in [6.07, 6.45) is 3.97. The lowest BCUT2D eigenvalue weighted by atomic mass is 10.1. The SMILES string of the molecule is CC(C)CC(=O)NCCC(=O)NCC1=CCNCC1.Cl. The van der Waals surface area contributed by atoms with Gasteiger partial charge in [-0.1, -0.05) is 25.5 Å². The fraction of sp³-hybridized carbons (Fsp3) is 0.714. The second kappa shape index (κ2) is 10.7. The van der Waals surface area contributed by atoms with E-state index < -0.39 is 0 Å². The highest BCUT2D eigenvalue weighted by Gasteiger charge is 2.07. The Labute approximate surface area is 127 Å². The van der Waals surface area contributed by atoms with Crippen LogP contribution in [0.1, 0.15) is 33.1 Å². The molecular formula is C14H26ClN3O2. The van der Waals surface area contributed by atoms with Gasteiger partial charge in [0, 0.05) is 32.5 Å². The lowest BCUT2D eigenvalue weighted by Gasteiger charge is -2.14. The molecule has 0 bridgehead atoms. The van der Waals surface area contributed by atoms with Crippen LogP contribution in [0.5, 0.6) is 0 Å². The molecule has 0 saturated heterocycles. The lowest BCUT2D eigenvalue weighted by molar-refractivity contribution is -0.122. The van der Waals surface area contributed by atoms with E-state index in [9.17, 15) is 9.59 Å². The Bertz CT molecular complexity index is 343. The number of carbonyl (C=O) groups is 2. The van der Waals surface area contributed by atoms with E-state index in [-0.39, 0.29) is 24.2 Å². The first-order chi connectivity index (χ1) is 9.08. The van der Waals surface area contributed by atoms with Crippen LogP contribution in [0.25, 0.3) is 0 Å². The minimum atomic E-state index is -0.00993. The second-order valence-electron chi connectivity index (χ2n) is 5.29. The van der Waals surface area contributed by atoms with E-state index in [4.69, 9.17) is 0 Å². The maximum atomic E-state index is 11.6. The van der Waals surface area contributed by atoms with Crippen molar-refractivity contribution in [3.8, 4) is 0 Å². The van der Waals surface area contributed by atoms with Gasteiger partial charge in [0.25, 0.3) is 0 Å². The summed E-state index contributed by atoms with van der Waals surface area (Å²) in [6, 6.07) is 0. The van der Waals surface area contributed by atoms with Gasteiger partial charge in [0.15, 0.2) is 0 Å². The van der Waals surface area contributed by atoms with Gasteiger partial charge in [-0.2, -0.15) is 0 Å². The Morgan fingerprint density at radius 2 is 2.05 bits per heavy atom. The molecule has 2 amide bonds. The van der Waals surface area contributed by atoms with Gasteiger partial charge in [0.05, 0.1) is 0 Å². The van der Waals surface area contributed by atoms with Gasteiger partial charge in [0.1, 0.15) is 0 Å². The van der Waals surface area contributed by atoms with Crippen LogP contribution in [0.4, 0.5) is 0 Å². The van der Waals surface area contributed by atoms with Crippen molar-refractivity contribution in [1.29, 1.82) is 0 Å². The molecule has 0 saturated carbocycles. The smallest absolute Gasteiger partial charge is 0.222 e. The van der Waals surface area contributed by atoms with Crippen LogP contribution < -0.4 is 16.0 Å². The number of halogens is 1. The van der Waals surface area contributed by atoms with E-state index in [1.165, 1.54) is 5.57 Å². The molecule has 1 rings (SSSR count). The van der Waals surface area contributed by atoms with E-state index >= 15 is 0 Å². The monoisotopic (exact) mass is 303 g/mol. The van der Waals surface area contributed by atoms with Crippen molar-refractivity contribution in [3.05, 3.63) is 11.6 Å². The molecule has 0 aromatic heterocycles. The fourth-order valence-electron chi connectivity index (χ4n) is 1.89. The second-order valence-corrected chi connectivity index (χ2v) is 5.29. The molecule has 0 aromatic rings. The number of hydrogen-bond donors (Lipinski definition) is 3. The van der Waals surface area contributed by atoms with Crippen LogP contribution in [0, 0.1) is 5.92 Å². The number of rotatable bonds is 7. The fourth-order valence-corrected chi connectivity index (χ4v) is 1.89. The van der Waals surface area contributed by atoms with Crippen LogP contribution in [0.2, 0.25) is 0 Å². The maximum absolute atomic E-state index is 11.6. The maximum Gasteiger partial charge on any atom is 0.222 e. The van der Waals surface area contributed by atoms with Crippen molar-refractivity contribution in [3.63, 3.8) is 0 Å². The predicted molar refractivity (Wildman–Crippen MR) is 82.9 cm³/mol. The molecular weight excluding hydrogens is 278 g/mol. The summed E-state index contributed by atoms with van der Waals surface area (Å²) >= 11 is 0. The lowest BCUT2D eigenvalue weighted by Crippen LogP contribution is -2.33. The Kier molecular flexibility index (Phi) is 10.1. The normalized spacial score (nSPS) is 14.2. The molecule has 0 fully saturated rings. The molecule has 0 atom stereocenters. The van der Waals surface area contributed by atoms with Gasteiger partial charge in [-0.25, -0.2) is 0 Å². The van der Waals surface area contributed by atoms with E-state index in [0.717, 1.165) is 19.5 Å². The van der Waals surface area contributed by atoms with E-state index in [1.54, 1.807) is 0 Å². The summed E-state index contributed by atoms with van der Waals surface area (Å²) in [6.45, 7) is 6.90. The zero-order valence-electron chi connectivity index (χ0n) is 12.3. The van der Waals surface area contributed by atoms with Crippen molar-refractivity contribution >= 4 is 24.2 Å². The Balaban J connectivity index is 0.00000361. The zero-order valence-corrected chi connectivity index (χ0v) is 13.1. The van der Waals surface area contributed by atoms with E-state index in [1.807, 2.05) is 13.8 Å². The van der Waals surface area contributed by atoms with Gasteiger partial charge >= 0.3 is 0 Å². The molecule has 1 aliphatic heterocycles. The molecule has 6 heteroatoms. The van der Waals surface area contributed by atoms with Gasteiger partial charge in [-0.15, -0.1) is 12.4 Å². The quantitative estimate of drug-likeness (QED) is 0.615. The summed E-state index contributed by atoms with van der Waals surface area (Å²) in [5.41, 5.74) is 1.27. The topological polar surface area (TPSA) is 70.2 Å². The van der Waals surface area contributed by atoms with Crippen molar-refractivity contribution in [1.82, 2.24) is 16.0 Å². The third-order valence-corrected chi connectivity index (χ3v) is 2.94. The summed E-state index contributed by atoms with van der Waals surface area (Å²) < 4.78 is 0. The van der Waals surface area contributed by atoms with E-state index in [2.05, 4.69) is 22.0 Å². The molecule has 1 aliphatic rings. The summed E-state index contributed by atoms with van der Waals surface area (Å²) in [5.74, 6) is 0.355. The van der Waals surface area contributed by atoms with Crippen molar-refractivity contribution < 1.29 is 9.59 Å². The van der Waals surface area contributed by atoms with Crippen LogP contribution in [0.3, 0.4) is 0 Å². The molecule has 20 heavy (non-hydrogen) atoms. The van der Waals surface area contributed by atoms with Gasteiger partial charge in [-0.05, 0) is 18.9 Å². The third-order valence-electron chi connectivity index (χ3n) is 2.94. The first kappa shape index (κ1) is 18.9. The number of nitrogens with one attached hydrogen (secondary N) is 3. The van der Waals surface area contributed by atoms with E-state index in [0.29, 0.717) is 31.8 Å². The molecule has 0 unspecified atom stereocenters. The van der Waals surface area contributed by atoms with Crippen molar-refractivity contribution in [2.24, 2.45) is 5.92 Å². The molecule has 5 nitrogen and oxygen atoms in total. The van der Waals surface area contributed by atoms with Gasteiger partial charge in [0.2, 0.25) is 11.8 Å². The Hall–Kier alpha value is -1.07. The molecule has 0 spiro atoms. The molecule has 0 aliphatic carbocycles. The molecule has 0 radical (unpaired) electrons. The minimum Gasteiger partial charge on any atom is -0.356 e. The van der Waals surface area contributed by atoms with Gasteiger partial charge in [-0.3, -0.25) is 9.59 Å². The highest BCUT2D eigenvalue weighted by molar-refractivity contribution is 5.85. The van der Waals surface area contributed by atoms with Crippen LogP contribution in [0.15, 0.2) is 11.6 Å². The number of amides is 2. The first-order valence-corrected chi connectivity index (χ1v) is 7.00. The standard InChI is InChI=1S/C14H25N3O2.ClH/c1-11(2)9-14(19)16-8-5-13(18)17-10-12-3-6-15-7-4-12;/h3,11,15H,4-10H2,1-2H3,(H,16,19)(H,17,18);1H. The summed E-state index contributed by atoms with van der Waals surface area (Å²) in [4.78, 5) is 23.0. The van der Waals surface area contributed by atoms with Crippen molar-refractivity contribution in [2.45, 2.75) is 33.1 Å².